The maximum atomic E-state index is 11.9. The summed E-state index contributed by atoms with van der Waals surface area (Å²) in [7, 11) is 0. The Bertz CT molecular complexity index is 1400. The summed E-state index contributed by atoms with van der Waals surface area (Å²) in [5.74, 6) is -0.170. The van der Waals surface area contributed by atoms with Crippen LogP contribution in [0.2, 0.25) is 0 Å². The van der Waals surface area contributed by atoms with Crippen LogP contribution in [-0.2, 0) is 11.1 Å². The minimum Gasteiger partial charge on any atom is -0.383 e. The van der Waals surface area contributed by atoms with E-state index in [1.165, 1.54) is 0 Å². The SMILES string of the molecule is CC(O)(c1cn(C(c2ccccc2)(c2ccccc2)c2ccccc2)cn1)C1C=Cc2ccccc21. The second-order valence-corrected chi connectivity index (χ2v) is 9.59. The minimum atomic E-state index is -1.18. The van der Waals surface area contributed by atoms with E-state index in [1.807, 2.05) is 49.8 Å². The number of imidazole rings is 1. The van der Waals surface area contributed by atoms with Crippen LogP contribution in [0.15, 0.2) is 134 Å². The van der Waals surface area contributed by atoms with Gasteiger partial charge in [-0.1, -0.05) is 127 Å². The summed E-state index contributed by atoms with van der Waals surface area (Å²) in [6.45, 7) is 1.87. The third-order valence-electron chi connectivity index (χ3n) is 7.47. The molecule has 2 unspecified atom stereocenters. The van der Waals surface area contributed by atoms with E-state index in [2.05, 4.69) is 102 Å². The molecule has 3 heteroatoms. The van der Waals surface area contributed by atoms with Gasteiger partial charge in [0.15, 0.2) is 0 Å². The van der Waals surface area contributed by atoms with Crippen molar-refractivity contribution in [2.75, 3.05) is 0 Å². The van der Waals surface area contributed by atoms with Crippen molar-refractivity contribution >= 4 is 6.08 Å². The molecule has 5 aromatic rings. The van der Waals surface area contributed by atoms with Gasteiger partial charge in [-0.05, 0) is 34.7 Å². The maximum absolute atomic E-state index is 11.9. The molecule has 0 saturated heterocycles. The van der Waals surface area contributed by atoms with E-state index in [9.17, 15) is 5.11 Å². The highest BCUT2D eigenvalue weighted by atomic mass is 16.3. The van der Waals surface area contributed by atoms with Crippen LogP contribution in [0.5, 0.6) is 0 Å². The molecule has 0 spiro atoms. The van der Waals surface area contributed by atoms with E-state index in [1.54, 1.807) is 0 Å². The molecule has 0 amide bonds. The van der Waals surface area contributed by atoms with Crippen molar-refractivity contribution in [1.29, 1.82) is 0 Å². The molecular weight excluding hydrogens is 440 g/mol. The van der Waals surface area contributed by atoms with Crippen molar-refractivity contribution in [1.82, 2.24) is 9.55 Å². The first-order chi connectivity index (χ1) is 17.6. The molecule has 176 valence electrons. The molecular formula is C33H28N2O. The normalized spacial score (nSPS) is 16.4. The Kier molecular flexibility index (Phi) is 5.43. The lowest BCUT2D eigenvalue weighted by Gasteiger charge is -2.37. The molecule has 0 radical (unpaired) electrons. The Hall–Kier alpha value is -4.21. The zero-order valence-electron chi connectivity index (χ0n) is 20.2. The smallest absolute Gasteiger partial charge is 0.121 e. The average molecular weight is 469 g/mol. The van der Waals surface area contributed by atoms with Crippen LogP contribution in [-0.4, -0.2) is 14.7 Å². The van der Waals surface area contributed by atoms with Gasteiger partial charge in [0.05, 0.1) is 12.0 Å². The van der Waals surface area contributed by atoms with Gasteiger partial charge in [0.1, 0.15) is 11.1 Å². The third kappa shape index (κ3) is 3.43. The average Bonchev–Trinajstić information content (AvgIpc) is 3.60. The van der Waals surface area contributed by atoms with Gasteiger partial charge in [0, 0.05) is 12.1 Å². The Morgan fingerprint density at radius 1 is 0.694 bits per heavy atom. The predicted molar refractivity (Wildman–Crippen MR) is 145 cm³/mol. The molecule has 0 bridgehead atoms. The zero-order valence-corrected chi connectivity index (χ0v) is 20.2. The fraction of sp³-hybridized carbons (Fsp3) is 0.121. The van der Waals surface area contributed by atoms with E-state index < -0.39 is 11.1 Å². The molecule has 1 heterocycles. The molecule has 2 atom stereocenters. The molecule has 0 fully saturated rings. The molecule has 0 aliphatic heterocycles. The number of aromatic nitrogens is 2. The number of benzene rings is 4. The highest BCUT2D eigenvalue weighted by molar-refractivity contribution is 5.63. The van der Waals surface area contributed by atoms with Crippen molar-refractivity contribution in [2.45, 2.75) is 24.0 Å². The standard InChI is InChI=1S/C33H28N2O/c1-32(36,30-22-21-25-13-11-12-20-29(25)30)31-23-35(24-34-31)33(26-14-5-2-6-15-26,27-16-7-3-8-17-27)28-18-9-4-10-19-28/h2-24,30,36H,1H3. The number of hydrogen-bond donors (Lipinski definition) is 1. The summed E-state index contributed by atoms with van der Waals surface area (Å²) in [6, 6.07) is 39.8. The van der Waals surface area contributed by atoms with E-state index in [0.29, 0.717) is 5.69 Å². The highest BCUT2D eigenvalue weighted by Gasteiger charge is 2.42. The van der Waals surface area contributed by atoms with Crippen molar-refractivity contribution in [2.24, 2.45) is 0 Å². The van der Waals surface area contributed by atoms with Crippen LogP contribution in [0, 0.1) is 0 Å². The molecule has 6 rings (SSSR count). The van der Waals surface area contributed by atoms with Crippen LogP contribution in [0.1, 0.15) is 46.4 Å². The van der Waals surface area contributed by atoms with Gasteiger partial charge in [0.25, 0.3) is 0 Å². The molecule has 0 saturated carbocycles. The van der Waals surface area contributed by atoms with Crippen LogP contribution in [0.4, 0.5) is 0 Å². The zero-order chi connectivity index (χ0) is 24.6. The van der Waals surface area contributed by atoms with E-state index >= 15 is 0 Å². The maximum Gasteiger partial charge on any atom is 0.121 e. The first kappa shape index (κ1) is 22.3. The minimum absolute atomic E-state index is 0.170. The van der Waals surface area contributed by atoms with Gasteiger partial charge in [0.2, 0.25) is 0 Å². The number of fused-ring (bicyclic) bond motifs is 1. The number of nitrogens with zero attached hydrogens (tertiary/aromatic N) is 2. The Balaban J connectivity index is 1.56. The molecule has 1 aliphatic carbocycles. The van der Waals surface area contributed by atoms with Crippen LogP contribution in [0.3, 0.4) is 0 Å². The summed E-state index contributed by atoms with van der Waals surface area (Å²) in [5, 5.41) is 11.9. The second-order valence-electron chi connectivity index (χ2n) is 9.59. The highest BCUT2D eigenvalue weighted by Crippen LogP contribution is 2.45. The van der Waals surface area contributed by atoms with Gasteiger partial charge in [-0.2, -0.15) is 0 Å². The number of hydrogen-bond acceptors (Lipinski definition) is 2. The lowest BCUT2D eigenvalue weighted by Crippen LogP contribution is -2.37. The predicted octanol–water partition coefficient (Wildman–Crippen LogP) is 6.74. The quantitative estimate of drug-likeness (QED) is 0.280. The van der Waals surface area contributed by atoms with Crippen LogP contribution < -0.4 is 0 Å². The van der Waals surface area contributed by atoms with Crippen LogP contribution in [0.25, 0.3) is 6.08 Å². The summed E-state index contributed by atoms with van der Waals surface area (Å²) < 4.78 is 2.15. The number of aliphatic hydroxyl groups is 1. The largest absolute Gasteiger partial charge is 0.383 e. The summed E-state index contributed by atoms with van der Waals surface area (Å²) in [6.07, 6.45) is 8.05. The summed E-state index contributed by atoms with van der Waals surface area (Å²) in [4.78, 5) is 4.83. The van der Waals surface area contributed by atoms with Crippen LogP contribution >= 0.6 is 0 Å². The molecule has 1 N–H and O–H groups in total. The van der Waals surface area contributed by atoms with E-state index in [0.717, 1.165) is 27.8 Å². The molecule has 1 aliphatic rings. The fourth-order valence-corrected chi connectivity index (χ4v) is 5.65. The van der Waals surface area contributed by atoms with Gasteiger partial charge < -0.3 is 9.67 Å². The number of rotatable bonds is 6. The first-order valence-corrected chi connectivity index (χ1v) is 12.3. The third-order valence-corrected chi connectivity index (χ3v) is 7.47. The van der Waals surface area contributed by atoms with Gasteiger partial charge in [-0.3, -0.25) is 0 Å². The Morgan fingerprint density at radius 2 is 1.19 bits per heavy atom. The molecule has 36 heavy (non-hydrogen) atoms. The summed E-state index contributed by atoms with van der Waals surface area (Å²) in [5.41, 5.74) is 4.44. The first-order valence-electron chi connectivity index (χ1n) is 12.3. The second kappa shape index (κ2) is 8.78. The fourth-order valence-electron chi connectivity index (χ4n) is 5.65. The van der Waals surface area contributed by atoms with E-state index in [4.69, 9.17) is 4.98 Å². The Morgan fingerprint density at radius 3 is 1.75 bits per heavy atom. The van der Waals surface area contributed by atoms with Crippen molar-refractivity contribution in [3.05, 3.63) is 167 Å². The van der Waals surface area contributed by atoms with E-state index in [-0.39, 0.29) is 5.92 Å². The van der Waals surface area contributed by atoms with Crippen molar-refractivity contribution in [3.8, 4) is 0 Å². The molecule has 3 nitrogen and oxygen atoms in total. The van der Waals surface area contributed by atoms with Gasteiger partial charge in [-0.15, -0.1) is 0 Å². The lowest BCUT2D eigenvalue weighted by molar-refractivity contribution is 0.0383. The topological polar surface area (TPSA) is 38.0 Å². The van der Waals surface area contributed by atoms with Crippen molar-refractivity contribution in [3.63, 3.8) is 0 Å². The molecule has 4 aromatic carbocycles. The van der Waals surface area contributed by atoms with Gasteiger partial charge in [-0.25, -0.2) is 4.98 Å². The monoisotopic (exact) mass is 468 g/mol. The molecule has 1 aromatic heterocycles. The Labute approximate surface area is 212 Å². The summed E-state index contributed by atoms with van der Waals surface area (Å²) >= 11 is 0. The van der Waals surface area contributed by atoms with Crippen molar-refractivity contribution < 1.29 is 5.11 Å². The van der Waals surface area contributed by atoms with Gasteiger partial charge >= 0.3 is 0 Å². The lowest BCUT2D eigenvalue weighted by atomic mass is 9.76.